The highest BCUT2D eigenvalue weighted by Gasteiger charge is 2.27. The molecule has 0 saturated heterocycles. The summed E-state index contributed by atoms with van der Waals surface area (Å²) in [5, 5.41) is 15.8. The van der Waals surface area contributed by atoms with Crippen molar-refractivity contribution in [1.82, 2.24) is 19.9 Å². The highest BCUT2D eigenvalue weighted by atomic mass is 32.1. The minimum Gasteiger partial charge on any atom is -0.449 e. The summed E-state index contributed by atoms with van der Waals surface area (Å²) in [4.78, 5) is 33.6. The number of ether oxygens (including phenoxy) is 1. The van der Waals surface area contributed by atoms with Crippen molar-refractivity contribution >= 4 is 34.4 Å². The summed E-state index contributed by atoms with van der Waals surface area (Å²) in [6.07, 6.45) is 11.7. The molecule has 3 heterocycles. The number of nitrogens with one attached hydrogen (secondary N) is 2. The van der Waals surface area contributed by atoms with Crippen molar-refractivity contribution in [2.45, 2.75) is 25.8 Å². The van der Waals surface area contributed by atoms with E-state index in [1.807, 2.05) is 23.9 Å². The number of carbonyl (C=O) groups excluding carboxylic acids is 2. The molecule has 0 radical (unpaired) electrons. The number of fused-ring (bicyclic) bond motifs is 1. The van der Waals surface area contributed by atoms with Gasteiger partial charge in [0.05, 0.1) is 30.7 Å². The van der Waals surface area contributed by atoms with Gasteiger partial charge < -0.3 is 19.9 Å². The Balaban J connectivity index is 1.31. The number of nitriles is 1. The summed E-state index contributed by atoms with van der Waals surface area (Å²) in [6, 6.07) is 5.88. The van der Waals surface area contributed by atoms with Gasteiger partial charge >= 0.3 is 6.09 Å². The van der Waals surface area contributed by atoms with Gasteiger partial charge in [-0.15, -0.1) is 11.3 Å². The maximum atomic E-state index is 12.4. The van der Waals surface area contributed by atoms with Crippen LogP contribution in [-0.2, 0) is 36.0 Å². The molecule has 0 aliphatic heterocycles. The highest BCUT2D eigenvalue weighted by molar-refractivity contribution is 7.16. The van der Waals surface area contributed by atoms with Gasteiger partial charge in [-0.2, -0.15) is 5.26 Å². The molecule has 1 unspecified atom stereocenters. The summed E-state index contributed by atoms with van der Waals surface area (Å²) < 4.78 is 7.21. The van der Waals surface area contributed by atoms with E-state index in [9.17, 15) is 14.9 Å². The minimum atomic E-state index is -0.478. The number of aryl methyl sites for hydroxylation is 1. The van der Waals surface area contributed by atoms with Crippen molar-refractivity contribution in [3.05, 3.63) is 70.4 Å². The molecular formula is C24H24N6O3S. The zero-order valence-corrected chi connectivity index (χ0v) is 19.5. The van der Waals surface area contributed by atoms with Crippen molar-refractivity contribution in [1.29, 1.82) is 5.26 Å². The van der Waals surface area contributed by atoms with Crippen LogP contribution in [0.3, 0.4) is 0 Å². The average molecular weight is 477 g/mol. The summed E-state index contributed by atoms with van der Waals surface area (Å²) in [5.74, 6) is -0.143. The maximum Gasteiger partial charge on any atom is 0.407 e. The van der Waals surface area contributed by atoms with Crippen molar-refractivity contribution in [2.75, 3.05) is 11.9 Å². The molecule has 0 saturated carbocycles. The highest BCUT2D eigenvalue weighted by Crippen LogP contribution is 2.39. The van der Waals surface area contributed by atoms with E-state index in [1.165, 1.54) is 17.4 Å². The lowest BCUT2D eigenvalue weighted by Crippen LogP contribution is -2.27. The lowest BCUT2D eigenvalue weighted by molar-refractivity contribution is -0.111. The number of alkyl carbamates (subject to hydrolysis) is 1. The van der Waals surface area contributed by atoms with E-state index < -0.39 is 6.09 Å². The van der Waals surface area contributed by atoms with Gasteiger partial charge in [0.15, 0.2) is 0 Å². The number of anilines is 1. The lowest BCUT2D eigenvalue weighted by Gasteiger charge is -2.21. The molecule has 4 rings (SSSR count). The summed E-state index contributed by atoms with van der Waals surface area (Å²) in [5.41, 5.74) is 3.08. The summed E-state index contributed by atoms with van der Waals surface area (Å²) in [7, 11) is 1.87. The molecule has 0 spiro atoms. The smallest absolute Gasteiger partial charge is 0.407 e. The quantitative estimate of drug-likeness (QED) is 0.504. The topological polar surface area (TPSA) is 122 Å². The Labute approximate surface area is 201 Å². The normalized spacial score (nSPS) is 14.9. The first-order valence-corrected chi connectivity index (χ1v) is 11.6. The number of thiophene rings is 1. The molecule has 2 amide bonds. The number of rotatable bonds is 7. The van der Waals surface area contributed by atoms with E-state index in [-0.39, 0.29) is 11.8 Å². The molecule has 0 aromatic carbocycles. The van der Waals surface area contributed by atoms with Crippen LogP contribution in [0.15, 0.2) is 43.1 Å². The largest absolute Gasteiger partial charge is 0.449 e. The second kappa shape index (κ2) is 10.8. The van der Waals surface area contributed by atoms with Gasteiger partial charge in [-0.3, -0.25) is 9.78 Å². The fraction of sp³-hybridized carbons (Fsp3) is 0.292. The van der Waals surface area contributed by atoms with Gasteiger partial charge in [0.25, 0.3) is 0 Å². The molecule has 34 heavy (non-hydrogen) atoms. The number of imidazole rings is 1. The van der Waals surface area contributed by atoms with E-state index >= 15 is 0 Å². The Bertz CT molecular complexity index is 1240. The van der Waals surface area contributed by atoms with Crippen LogP contribution < -0.4 is 10.6 Å². The van der Waals surface area contributed by atoms with E-state index in [4.69, 9.17) is 4.74 Å². The van der Waals surface area contributed by atoms with E-state index in [2.05, 4.69) is 26.7 Å². The van der Waals surface area contributed by atoms with Crippen molar-refractivity contribution in [3.63, 3.8) is 0 Å². The van der Waals surface area contributed by atoms with E-state index in [0.29, 0.717) is 36.6 Å². The van der Waals surface area contributed by atoms with Crippen molar-refractivity contribution in [2.24, 2.45) is 13.0 Å². The van der Waals surface area contributed by atoms with Crippen molar-refractivity contribution in [3.8, 4) is 6.07 Å². The van der Waals surface area contributed by atoms with E-state index in [0.717, 1.165) is 28.1 Å². The lowest BCUT2D eigenvalue weighted by atomic mass is 9.88. The SMILES string of the molecule is Cn1cnc(CNC(=O)OCC2CCc3c(sc(NC(=O)C=Cc4cccnc4)c3C#N)C2)c1. The standard InChI is InChI=1S/C24H24N6O3S/c1-30-13-18(28-15-30)12-27-24(32)33-14-17-4-6-19-20(10-25)23(34-21(19)9-17)29-22(31)7-5-16-3-2-8-26-11-16/h2-3,5,7-8,11,13,15,17H,4,6,9,12,14H2,1H3,(H,27,32)(H,29,31). The Morgan fingerprint density at radius 2 is 2.32 bits per heavy atom. The van der Waals surface area contributed by atoms with Crippen LogP contribution in [0.25, 0.3) is 6.08 Å². The van der Waals surface area contributed by atoms with Gasteiger partial charge in [0, 0.05) is 36.6 Å². The Morgan fingerprint density at radius 1 is 1.44 bits per heavy atom. The molecule has 0 fully saturated rings. The second-order valence-corrected chi connectivity index (χ2v) is 9.13. The molecule has 1 aliphatic rings. The van der Waals surface area contributed by atoms with E-state index in [1.54, 1.807) is 30.9 Å². The zero-order chi connectivity index (χ0) is 23.9. The third kappa shape index (κ3) is 5.88. The molecule has 2 N–H and O–H groups in total. The molecule has 3 aromatic heterocycles. The molecule has 1 aliphatic carbocycles. The second-order valence-electron chi connectivity index (χ2n) is 8.02. The number of hydrogen-bond donors (Lipinski definition) is 2. The molecule has 0 bridgehead atoms. The van der Waals surface area contributed by atoms with Crippen LogP contribution in [-0.4, -0.2) is 33.1 Å². The Kier molecular flexibility index (Phi) is 7.34. The first kappa shape index (κ1) is 23.2. The first-order valence-electron chi connectivity index (χ1n) is 10.8. The van der Waals surface area contributed by atoms with Gasteiger partial charge in [-0.25, -0.2) is 9.78 Å². The average Bonchev–Trinajstić information content (AvgIpc) is 3.42. The maximum absolute atomic E-state index is 12.4. The number of nitrogens with zero attached hydrogens (tertiary/aromatic N) is 4. The fourth-order valence-corrected chi connectivity index (χ4v) is 5.08. The molecular weight excluding hydrogens is 452 g/mol. The van der Waals surface area contributed by atoms with Crippen LogP contribution in [0, 0.1) is 17.2 Å². The summed E-state index contributed by atoms with van der Waals surface area (Å²) in [6.45, 7) is 0.603. The van der Waals surface area contributed by atoms with Crippen LogP contribution in [0.2, 0.25) is 0 Å². The number of aromatic nitrogens is 3. The van der Waals surface area contributed by atoms with Crippen LogP contribution in [0.5, 0.6) is 0 Å². The molecule has 10 heteroatoms. The van der Waals surface area contributed by atoms with Gasteiger partial charge in [-0.05, 0) is 48.4 Å². The molecule has 9 nitrogen and oxygen atoms in total. The number of carbonyl (C=O) groups is 2. The third-order valence-electron chi connectivity index (χ3n) is 5.45. The Hall–Kier alpha value is -3.97. The van der Waals surface area contributed by atoms with Crippen LogP contribution in [0.4, 0.5) is 9.80 Å². The third-order valence-corrected chi connectivity index (χ3v) is 6.62. The molecule has 174 valence electrons. The number of hydrogen-bond acceptors (Lipinski definition) is 7. The fourth-order valence-electron chi connectivity index (χ4n) is 3.77. The van der Waals surface area contributed by atoms with Gasteiger partial charge in [0.1, 0.15) is 11.1 Å². The predicted octanol–water partition coefficient (Wildman–Crippen LogP) is 3.43. The van der Waals surface area contributed by atoms with Gasteiger partial charge in [0.2, 0.25) is 5.91 Å². The van der Waals surface area contributed by atoms with Crippen LogP contribution >= 0.6 is 11.3 Å². The first-order chi connectivity index (χ1) is 16.5. The number of amides is 2. The molecule has 3 aromatic rings. The number of pyridine rings is 1. The monoisotopic (exact) mass is 476 g/mol. The zero-order valence-electron chi connectivity index (χ0n) is 18.7. The Morgan fingerprint density at radius 3 is 3.06 bits per heavy atom. The molecule has 1 atom stereocenters. The minimum absolute atomic E-state index is 0.160. The van der Waals surface area contributed by atoms with Crippen LogP contribution in [0.1, 0.15) is 33.7 Å². The van der Waals surface area contributed by atoms with Gasteiger partial charge in [-0.1, -0.05) is 6.07 Å². The predicted molar refractivity (Wildman–Crippen MR) is 128 cm³/mol. The van der Waals surface area contributed by atoms with Crippen molar-refractivity contribution < 1.29 is 14.3 Å². The summed E-state index contributed by atoms with van der Waals surface area (Å²) >= 11 is 1.42.